The smallest absolute Gasteiger partial charge is 0.0947 e. The van der Waals surface area contributed by atoms with Crippen LogP contribution < -0.4 is 5.32 Å². The van der Waals surface area contributed by atoms with Crippen molar-refractivity contribution in [3.8, 4) is 0 Å². The molecule has 0 amide bonds. The van der Waals surface area contributed by atoms with Crippen molar-refractivity contribution in [2.75, 3.05) is 6.54 Å². The highest BCUT2D eigenvalue weighted by Gasteiger charge is 2.21. The van der Waals surface area contributed by atoms with E-state index >= 15 is 0 Å². The van der Waals surface area contributed by atoms with Crippen molar-refractivity contribution >= 4 is 22.9 Å². The molecule has 1 N–H and O–H groups in total. The number of hydrogen-bond donors (Lipinski definition) is 1. The summed E-state index contributed by atoms with van der Waals surface area (Å²) in [7, 11) is 0. The standard InChI is InChI=1S/C14H21ClN4S/c1-4-6-16-12(7-13-18-10(3)9-20-13)14-11(15)8-17-19(14)5-2/h8-9,12,16H,4-7H2,1-3H3. The van der Waals surface area contributed by atoms with Crippen LogP contribution in [0.1, 0.15) is 42.7 Å². The molecule has 2 rings (SSSR count). The van der Waals surface area contributed by atoms with Crippen LogP contribution in [-0.4, -0.2) is 21.3 Å². The van der Waals surface area contributed by atoms with Crippen molar-refractivity contribution in [1.82, 2.24) is 20.1 Å². The molecule has 0 saturated carbocycles. The van der Waals surface area contributed by atoms with Crippen LogP contribution in [0.25, 0.3) is 0 Å². The van der Waals surface area contributed by atoms with Crippen LogP contribution in [0.3, 0.4) is 0 Å². The molecule has 1 unspecified atom stereocenters. The van der Waals surface area contributed by atoms with Gasteiger partial charge in [0.1, 0.15) is 0 Å². The Labute approximate surface area is 129 Å². The van der Waals surface area contributed by atoms with Crippen LogP contribution in [0.4, 0.5) is 0 Å². The maximum atomic E-state index is 6.33. The molecule has 20 heavy (non-hydrogen) atoms. The Morgan fingerprint density at radius 3 is 2.85 bits per heavy atom. The zero-order chi connectivity index (χ0) is 14.5. The Balaban J connectivity index is 2.24. The first-order valence-electron chi connectivity index (χ1n) is 7.01. The van der Waals surface area contributed by atoms with Crippen LogP contribution in [0.2, 0.25) is 5.02 Å². The maximum Gasteiger partial charge on any atom is 0.0947 e. The van der Waals surface area contributed by atoms with Gasteiger partial charge >= 0.3 is 0 Å². The van der Waals surface area contributed by atoms with E-state index in [1.54, 1.807) is 17.5 Å². The minimum absolute atomic E-state index is 0.162. The fourth-order valence-corrected chi connectivity index (χ4v) is 3.32. The van der Waals surface area contributed by atoms with E-state index in [2.05, 4.69) is 34.6 Å². The van der Waals surface area contributed by atoms with E-state index < -0.39 is 0 Å². The van der Waals surface area contributed by atoms with Gasteiger partial charge in [0.15, 0.2) is 0 Å². The lowest BCUT2D eigenvalue weighted by Crippen LogP contribution is -2.27. The first-order valence-corrected chi connectivity index (χ1v) is 8.27. The van der Waals surface area contributed by atoms with E-state index in [9.17, 15) is 0 Å². The summed E-state index contributed by atoms with van der Waals surface area (Å²) in [6.45, 7) is 8.05. The Hall–Kier alpha value is -0.910. The molecule has 0 aliphatic rings. The number of aromatic nitrogens is 3. The highest BCUT2D eigenvalue weighted by atomic mass is 35.5. The zero-order valence-corrected chi connectivity index (χ0v) is 13.8. The fraction of sp³-hybridized carbons (Fsp3) is 0.571. The van der Waals surface area contributed by atoms with Gasteiger partial charge in [-0.15, -0.1) is 11.3 Å². The van der Waals surface area contributed by atoms with Gasteiger partial charge in [-0.05, 0) is 26.8 Å². The van der Waals surface area contributed by atoms with E-state index in [-0.39, 0.29) is 6.04 Å². The number of hydrogen-bond acceptors (Lipinski definition) is 4. The summed E-state index contributed by atoms with van der Waals surface area (Å²) >= 11 is 8.03. The van der Waals surface area contributed by atoms with Crippen molar-refractivity contribution in [3.05, 3.63) is 33.0 Å². The molecule has 0 radical (unpaired) electrons. The summed E-state index contributed by atoms with van der Waals surface area (Å²) < 4.78 is 1.97. The molecule has 6 heteroatoms. The van der Waals surface area contributed by atoms with Crippen molar-refractivity contribution in [2.24, 2.45) is 0 Å². The molecule has 2 aromatic rings. The Bertz CT molecular complexity index is 549. The van der Waals surface area contributed by atoms with E-state index in [0.29, 0.717) is 0 Å². The molecule has 0 aliphatic carbocycles. The zero-order valence-electron chi connectivity index (χ0n) is 12.2. The van der Waals surface area contributed by atoms with Gasteiger partial charge in [-0.1, -0.05) is 18.5 Å². The average molecular weight is 313 g/mol. The third kappa shape index (κ3) is 3.59. The fourth-order valence-electron chi connectivity index (χ4n) is 2.23. The van der Waals surface area contributed by atoms with Gasteiger partial charge in [0.05, 0.1) is 28.0 Å². The molecule has 0 fully saturated rings. The molecule has 1 atom stereocenters. The van der Waals surface area contributed by atoms with E-state index in [1.165, 1.54) is 0 Å². The molecule has 0 bridgehead atoms. The number of nitrogens with zero attached hydrogens (tertiary/aromatic N) is 3. The molecular weight excluding hydrogens is 292 g/mol. The lowest BCUT2D eigenvalue weighted by atomic mass is 10.1. The Morgan fingerprint density at radius 1 is 1.45 bits per heavy atom. The average Bonchev–Trinajstić information content (AvgIpc) is 3.00. The monoisotopic (exact) mass is 312 g/mol. The molecule has 2 aromatic heterocycles. The van der Waals surface area contributed by atoms with Crippen LogP contribution in [0, 0.1) is 6.92 Å². The van der Waals surface area contributed by atoms with E-state index in [1.807, 2.05) is 11.6 Å². The van der Waals surface area contributed by atoms with E-state index in [4.69, 9.17) is 11.6 Å². The number of thiazole rings is 1. The second kappa shape index (κ2) is 7.20. The van der Waals surface area contributed by atoms with Crippen molar-refractivity contribution in [3.63, 3.8) is 0 Å². The van der Waals surface area contributed by atoms with Crippen molar-refractivity contribution < 1.29 is 0 Å². The first-order chi connectivity index (χ1) is 9.65. The Kier molecular flexibility index (Phi) is 5.57. The van der Waals surface area contributed by atoms with Gasteiger partial charge in [0, 0.05) is 24.0 Å². The summed E-state index contributed by atoms with van der Waals surface area (Å²) in [5, 5.41) is 11.9. The van der Waals surface area contributed by atoms with Gasteiger partial charge in [0.25, 0.3) is 0 Å². The summed E-state index contributed by atoms with van der Waals surface area (Å²) in [5.41, 5.74) is 2.14. The normalized spacial score (nSPS) is 12.8. The molecule has 0 aliphatic heterocycles. The van der Waals surface area contributed by atoms with Gasteiger partial charge in [0.2, 0.25) is 0 Å². The highest BCUT2D eigenvalue weighted by Crippen LogP contribution is 2.27. The van der Waals surface area contributed by atoms with Crippen molar-refractivity contribution in [1.29, 1.82) is 0 Å². The summed E-state index contributed by atoms with van der Waals surface area (Å²) in [5.74, 6) is 0. The summed E-state index contributed by atoms with van der Waals surface area (Å²) in [6, 6.07) is 0.162. The SMILES string of the molecule is CCCNC(Cc1nc(C)cs1)c1c(Cl)cnn1CC. The molecule has 2 heterocycles. The van der Waals surface area contributed by atoms with Crippen LogP contribution >= 0.6 is 22.9 Å². The van der Waals surface area contributed by atoms with Crippen LogP contribution in [0.15, 0.2) is 11.6 Å². The molecule has 110 valence electrons. The number of aryl methyl sites for hydroxylation is 2. The molecule has 0 spiro atoms. The van der Waals surface area contributed by atoms with Gasteiger partial charge < -0.3 is 5.32 Å². The number of halogens is 1. The molecule has 4 nitrogen and oxygen atoms in total. The number of rotatable bonds is 7. The summed E-state index contributed by atoms with van der Waals surface area (Å²) in [4.78, 5) is 4.56. The van der Waals surface area contributed by atoms with Crippen LogP contribution in [-0.2, 0) is 13.0 Å². The van der Waals surface area contributed by atoms with Crippen molar-refractivity contribution in [2.45, 2.75) is 46.2 Å². The lowest BCUT2D eigenvalue weighted by molar-refractivity contribution is 0.478. The number of nitrogens with one attached hydrogen (secondary N) is 1. The highest BCUT2D eigenvalue weighted by molar-refractivity contribution is 7.09. The Morgan fingerprint density at radius 2 is 2.25 bits per heavy atom. The van der Waals surface area contributed by atoms with Gasteiger partial charge in [-0.3, -0.25) is 4.68 Å². The second-order valence-electron chi connectivity index (χ2n) is 4.79. The first kappa shape index (κ1) is 15.5. The maximum absolute atomic E-state index is 6.33. The molecule has 0 aromatic carbocycles. The molecule has 0 saturated heterocycles. The minimum Gasteiger partial charge on any atom is -0.308 e. The van der Waals surface area contributed by atoms with Gasteiger partial charge in [-0.25, -0.2) is 4.98 Å². The third-order valence-corrected chi connectivity index (χ3v) is 4.43. The predicted molar refractivity (Wildman–Crippen MR) is 84.5 cm³/mol. The topological polar surface area (TPSA) is 42.7 Å². The quantitative estimate of drug-likeness (QED) is 0.849. The largest absolute Gasteiger partial charge is 0.308 e. The second-order valence-corrected chi connectivity index (χ2v) is 6.14. The summed E-state index contributed by atoms with van der Waals surface area (Å²) in [6.07, 6.45) is 3.67. The predicted octanol–water partition coefficient (Wildman–Crippen LogP) is 3.60. The van der Waals surface area contributed by atoms with E-state index in [0.717, 1.165) is 47.3 Å². The minimum atomic E-state index is 0.162. The molecular formula is C14H21ClN4S. The van der Waals surface area contributed by atoms with Gasteiger partial charge in [-0.2, -0.15) is 5.10 Å². The lowest BCUT2D eigenvalue weighted by Gasteiger charge is -2.19. The van der Waals surface area contributed by atoms with Crippen LogP contribution in [0.5, 0.6) is 0 Å². The third-order valence-electron chi connectivity index (χ3n) is 3.15.